The van der Waals surface area contributed by atoms with E-state index < -0.39 is 39.6 Å². The fourth-order valence-electron chi connectivity index (χ4n) is 0.923. The lowest BCUT2D eigenvalue weighted by Gasteiger charge is -2.09. The average molecular weight is 285 g/mol. The minimum Gasteiger partial charge on any atom is -0.479 e. The van der Waals surface area contributed by atoms with Crippen LogP contribution in [0.1, 0.15) is 11.7 Å². The number of aliphatic hydroxyl groups excluding tert-OH is 1. The van der Waals surface area contributed by atoms with Gasteiger partial charge in [0.2, 0.25) is 0 Å². The van der Waals surface area contributed by atoms with Crippen LogP contribution in [0.4, 0.5) is 13.2 Å². The highest BCUT2D eigenvalue weighted by molar-refractivity contribution is 9.10. The third-order valence-electron chi connectivity index (χ3n) is 1.66. The van der Waals surface area contributed by atoms with Crippen molar-refractivity contribution >= 4 is 21.9 Å². The van der Waals surface area contributed by atoms with Gasteiger partial charge in [0.25, 0.3) is 0 Å². The van der Waals surface area contributed by atoms with Crippen molar-refractivity contribution in [3.05, 3.63) is 33.6 Å². The molecule has 1 aromatic carbocycles. The second-order valence-electron chi connectivity index (χ2n) is 2.63. The Hall–Kier alpha value is -1.08. The Morgan fingerprint density at radius 1 is 1.33 bits per heavy atom. The summed E-state index contributed by atoms with van der Waals surface area (Å²) in [5.74, 6) is -6.02. The number of aliphatic carboxylic acids is 1. The van der Waals surface area contributed by atoms with Crippen LogP contribution in [0.3, 0.4) is 0 Å². The molecule has 7 heteroatoms. The van der Waals surface area contributed by atoms with Gasteiger partial charge in [0.15, 0.2) is 17.7 Å². The number of carboxylic acids is 1. The number of carboxylic acid groups (broad SMARTS) is 1. The number of halogens is 4. The van der Waals surface area contributed by atoms with Gasteiger partial charge in [-0.3, -0.25) is 0 Å². The van der Waals surface area contributed by atoms with E-state index in [2.05, 4.69) is 15.9 Å². The molecule has 1 unspecified atom stereocenters. The normalized spacial score (nSPS) is 12.6. The molecule has 3 nitrogen and oxygen atoms in total. The standard InChI is InChI=1S/C8H4BrF3O3/c9-4-5(11)2(7(13)8(14)15)1-3(10)6(4)12/h1,7,13H,(H,14,15). The van der Waals surface area contributed by atoms with Crippen LogP contribution in [0, 0.1) is 17.5 Å². The van der Waals surface area contributed by atoms with Gasteiger partial charge in [-0.1, -0.05) is 0 Å². The monoisotopic (exact) mass is 284 g/mol. The summed E-state index contributed by atoms with van der Waals surface area (Å²) >= 11 is 2.40. The van der Waals surface area contributed by atoms with Crippen LogP contribution >= 0.6 is 15.9 Å². The van der Waals surface area contributed by atoms with E-state index in [9.17, 15) is 18.0 Å². The lowest BCUT2D eigenvalue weighted by atomic mass is 10.1. The van der Waals surface area contributed by atoms with Crippen molar-refractivity contribution in [2.45, 2.75) is 6.10 Å². The van der Waals surface area contributed by atoms with Crippen LogP contribution in [0.25, 0.3) is 0 Å². The maximum atomic E-state index is 13.2. The van der Waals surface area contributed by atoms with E-state index in [4.69, 9.17) is 10.2 Å². The maximum absolute atomic E-state index is 13.2. The Labute approximate surface area is 90.3 Å². The summed E-state index contributed by atoms with van der Waals surface area (Å²) in [7, 11) is 0. The van der Waals surface area contributed by atoms with Crippen LogP contribution in [0.2, 0.25) is 0 Å². The molecule has 0 fully saturated rings. The lowest BCUT2D eigenvalue weighted by Crippen LogP contribution is -2.13. The molecule has 0 saturated carbocycles. The molecule has 0 spiro atoms. The molecule has 82 valence electrons. The van der Waals surface area contributed by atoms with Crippen molar-refractivity contribution in [3.8, 4) is 0 Å². The Morgan fingerprint density at radius 3 is 2.33 bits per heavy atom. The van der Waals surface area contributed by atoms with E-state index >= 15 is 0 Å². The van der Waals surface area contributed by atoms with E-state index in [0.717, 1.165) is 0 Å². The van der Waals surface area contributed by atoms with Gasteiger partial charge in [-0.2, -0.15) is 0 Å². The molecular weight excluding hydrogens is 281 g/mol. The lowest BCUT2D eigenvalue weighted by molar-refractivity contribution is -0.147. The Kier molecular flexibility index (Phi) is 3.35. The van der Waals surface area contributed by atoms with Crippen molar-refractivity contribution in [1.82, 2.24) is 0 Å². The topological polar surface area (TPSA) is 57.5 Å². The average Bonchev–Trinajstić information content (AvgIpc) is 2.19. The first-order valence-electron chi connectivity index (χ1n) is 3.60. The zero-order valence-corrected chi connectivity index (χ0v) is 8.56. The van der Waals surface area contributed by atoms with Gasteiger partial charge in [0.1, 0.15) is 5.82 Å². The number of hydrogen-bond donors (Lipinski definition) is 2. The van der Waals surface area contributed by atoms with Gasteiger partial charge in [-0.05, 0) is 22.0 Å². The van der Waals surface area contributed by atoms with Gasteiger partial charge in [0.05, 0.1) is 4.47 Å². The summed E-state index contributed by atoms with van der Waals surface area (Å²) < 4.78 is 37.8. The molecule has 0 aliphatic heterocycles. The highest BCUT2D eigenvalue weighted by atomic mass is 79.9. The van der Waals surface area contributed by atoms with Gasteiger partial charge in [-0.25, -0.2) is 18.0 Å². The number of rotatable bonds is 2. The first-order chi connectivity index (χ1) is 6.86. The SMILES string of the molecule is O=C(O)C(O)c1cc(F)c(F)c(Br)c1F. The first kappa shape index (κ1) is 12.0. The molecule has 0 amide bonds. The highest BCUT2D eigenvalue weighted by Crippen LogP contribution is 2.28. The van der Waals surface area contributed by atoms with E-state index in [1.807, 2.05) is 0 Å². The summed E-state index contributed by atoms with van der Waals surface area (Å²) in [6.45, 7) is 0. The van der Waals surface area contributed by atoms with Crippen LogP contribution in [0.15, 0.2) is 10.5 Å². The van der Waals surface area contributed by atoms with E-state index in [-0.39, 0.29) is 0 Å². The quantitative estimate of drug-likeness (QED) is 0.645. The van der Waals surface area contributed by atoms with Gasteiger partial charge in [-0.15, -0.1) is 0 Å². The van der Waals surface area contributed by atoms with Crippen molar-refractivity contribution in [2.75, 3.05) is 0 Å². The van der Waals surface area contributed by atoms with Gasteiger partial charge >= 0.3 is 5.97 Å². The largest absolute Gasteiger partial charge is 0.479 e. The molecule has 2 N–H and O–H groups in total. The van der Waals surface area contributed by atoms with Crippen LogP contribution < -0.4 is 0 Å². The third-order valence-corrected chi connectivity index (χ3v) is 2.36. The minimum absolute atomic E-state index is 0.300. The predicted octanol–water partition coefficient (Wildman–Crippen LogP) is 1.98. The number of benzene rings is 1. The fraction of sp³-hybridized carbons (Fsp3) is 0.125. The molecular formula is C8H4BrF3O3. The molecule has 0 heterocycles. The first-order valence-corrected chi connectivity index (χ1v) is 4.39. The van der Waals surface area contributed by atoms with E-state index in [1.165, 1.54) is 0 Å². The van der Waals surface area contributed by atoms with Crippen molar-refractivity contribution < 1.29 is 28.2 Å². The molecule has 0 bridgehead atoms. The molecule has 0 saturated heterocycles. The smallest absolute Gasteiger partial charge is 0.337 e. The maximum Gasteiger partial charge on any atom is 0.337 e. The summed E-state index contributed by atoms with van der Waals surface area (Å²) in [4.78, 5) is 10.3. The van der Waals surface area contributed by atoms with Crippen LogP contribution in [-0.2, 0) is 4.79 Å². The predicted molar refractivity (Wildman–Crippen MR) is 46.6 cm³/mol. The Morgan fingerprint density at radius 2 is 1.87 bits per heavy atom. The number of carbonyl (C=O) groups is 1. The molecule has 0 aliphatic carbocycles. The number of hydrogen-bond acceptors (Lipinski definition) is 2. The molecule has 1 rings (SSSR count). The molecule has 0 radical (unpaired) electrons. The van der Waals surface area contributed by atoms with Gasteiger partial charge < -0.3 is 10.2 Å². The molecule has 0 aliphatic rings. The van der Waals surface area contributed by atoms with Crippen LogP contribution in [0.5, 0.6) is 0 Å². The van der Waals surface area contributed by atoms with E-state index in [0.29, 0.717) is 6.07 Å². The molecule has 1 atom stereocenters. The second kappa shape index (κ2) is 4.19. The van der Waals surface area contributed by atoms with Crippen molar-refractivity contribution in [2.24, 2.45) is 0 Å². The van der Waals surface area contributed by atoms with Crippen LogP contribution in [-0.4, -0.2) is 16.2 Å². The summed E-state index contributed by atoms with van der Waals surface area (Å²) in [6, 6.07) is 0.300. The summed E-state index contributed by atoms with van der Waals surface area (Å²) in [6.07, 6.45) is -2.24. The van der Waals surface area contributed by atoms with Gasteiger partial charge in [0, 0.05) is 5.56 Å². The van der Waals surface area contributed by atoms with Crippen molar-refractivity contribution in [3.63, 3.8) is 0 Å². The second-order valence-corrected chi connectivity index (χ2v) is 3.42. The molecule has 15 heavy (non-hydrogen) atoms. The Bertz CT molecular complexity index is 422. The highest BCUT2D eigenvalue weighted by Gasteiger charge is 2.25. The Balaban J connectivity index is 3.38. The summed E-state index contributed by atoms with van der Waals surface area (Å²) in [5.41, 5.74) is -0.840. The fourth-order valence-corrected chi connectivity index (χ4v) is 1.34. The van der Waals surface area contributed by atoms with E-state index in [1.54, 1.807) is 0 Å². The zero-order chi connectivity index (χ0) is 11.7. The summed E-state index contributed by atoms with van der Waals surface area (Å²) in [5, 5.41) is 17.3. The third kappa shape index (κ3) is 2.13. The minimum atomic E-state index is -2.24. The number of aliphatic hydroxyl groups is 1. The zero-order valence-electron chi connectivity index (χ0n) is 6.97. The molecule has 1 aromatic rings. The van der Waals surface area contributed by atoms with Crippen molar-refractivity contribution in [1.29, 1.82) is 0 Å². The molecule has 0 aromatic heterocycles.